The lowest BCUT2D eigenvalue weighted by Gasteiger charge is -2.33. The molecule has 3 saturated heterocycles. The molecule has 5 heterocycles. The van der Waals surface area contributed by atoms with Gasteiger partial charge in [0.15, 0.2) is 11.5 Å². The monoisotopic (exact) mass is 605 g/mol. The van der Waals surface area contributed by atoms with Gasteiger partial charge in [0, 0.05) is 68.5 Å². The summed E-state index contributed by atoms with van der Waals surface area (Å²) in [5.74, 6) is 1.67. The van der Waals surface area contributed by atoms with E-state index in [0.29, 0.717) is 0 Å². The quantitative estimate of drug-likeness (QED) is 0.388. The van der Waals surface area contributed by atoms with Crippen molar-refractivity contribution in [3.8, 4) is 22.6 Å². The number of fused-ring (bicyclic) bond motifs is 2. The number of ether oxygens (including phenoxy) is 2. The third-order valence-corrected chi connectivity index (χ3v) is 10.2. The van der Waals surface area contributed by atoms with Crippen molar-refractivity contribution in [1.29, 1.82) is 0 Å². The third kappa shape index (κ3) is 5.93. The van der Waals surface area contributed by atoms with Crippen LogP contribution in [0.15, 0.2) is 65.9 Å². The molecule has 0 spiro atoms. The first kappa shape index (κ1) is 28.6. The highest BCUT2D eigenvalue weighted by Crippen LogP contribution is 2.37. The Labute approximate surface area is 265 Å². The van der Waals surface area contributed by atoms with E-state index >= 15 is 0 Å². The molecule has 4 aliphatic heterocycles. The maximum Gasteiger partial charge on any atom is 0.254 e. The first-order chi connectivity index (χ1) is 22.2. The minimum Gasteiger partial charge on any atom is -0.454 e. The summed E-state index contributed by atoms with van der Waals surface area (Å²) in [5, 5.41) is 4.37. The molecule has 0 bridgehead atoms. The van der Waals surface area contributed by atoms with Crippen molar-refractivity contribution < 1.29 is 14.3 Å². The molecule has 234 valence electrons. The molecule has 1 N–H and O–H groups in total. The van der Waals surface area contributed by atoms with Crippen LogP contribution in [0.25, 0.3) is 22.0 Å². The van der Waals surface area contributed by atoms with Crippen molar-refractivity contribution in [3.05, 3.63) is 77.1 Å². The molecule has 1 aromatic heterocycles. The Kier molecular flexibility index (Phi) is 7.93. The van der Waals surface area contributed by atoms with Gasteiger partial charge < -0.3 is 29.5 Å². The number of allylic oxidation sites excluding steroid dienone is 4. The Bertz CT molecular complexity index is 1650. The van der Waals surface area contributed by atoms with Crippen LogP contribution >= 0.6 is 0 Å². The van der Waals surface area contributed by atoms with Crippen molar-refractivity contribution >= 4 is 16.8 Å². The number of nitrogens with one attached hydrogen (secondary N) is 1. The number of pyridine rings is 1. The van der Waals surface area contributed by atoms with Crippen LogP contribution in [-0.4, -0.2) is 90.8 Å². The highest BCUT2D eigenvalue weighted by atomic mass is 16.7. The zero-order valence-electron chi connectivity index (χ0n) is 26.1. The lowest BCUT2D eigenvalue weighted by molar-refractivity contribution is 0.0710. The first-order valence-corrected chi connectivity index (χ1v) is 16.9. The third-order valence-electron chi connectivity index (χ3n) is 10.2. The fourth-order valence-electron chi connectivity index (χ4n) is 7.78. The maximum absolute atomic E-state index is 14.5. The van der Waals surface area contributed by atoms with E-state index in [-0.39, 0.29) is 18.7 Å². The smallest absolute Gasteiger partial charge is 0.254 e. The highest BCUT2D eigenvalue weighted by molar-refractivity contribution is 6.07. The second kappa shape index (κ2) is 12.5. The van der Waals surface area contributed by atoms with Crippen molar-refractivity contribution in [2.24, 2.45) is 0 Å². The van der Waals surface area contributed by atoms with Crippen LogP contribution in [0.4, 0.5) is 0 Å². The van der Waals surface area contributed by atoms with Crippen molar-refractivity contribution in [2.45, 2.75) is 51.0 Å². The molecular formula is C37H43N5O3. The summed E-state index contributed by atoms with van der Waals surface area (Å²) in [6, 6.07) is 14.7. The van der Waals surface area contributed by atoms with Crippen LogP contribution in [-0.2, 0) is 6.42 Å². The van der Waals surface area contributed by atoms with Crippen LogP contribution in [0.5, 0.6) is 11.5 Å². The van der Waals surface area contributed by atoms with Gasteiger partial charge in [-0.2, -0.15) is 0 Å². The van der Waals surface area contributed by atoms with E-state index < -0.39 is 0 Å². The number of nitrogens with zero attached hydrogens (tertiary/aromatic N) is 4. The minimum absolute atomic E-state index is 0.145. The van der Waals surface area contributed by atoms with Gasteiger partial charge >= 0.3 is 0 Å². The summed E-state index contributed by atoms with van der Waals surface area (Å²) in [5.41, 5.74) is 7.53. The maximum atomic E-state index is 14.5. The molecule has 8 rings (SSSR count). The van der Waals surface area contributed by atoms with E-state index in [1.165, 1.54) is 24.1 Å². The van der Waals surface area contributed by atoms with Gasteiger partial charge in [-0.05, 0) is 99.1 Å². The molecule has 1 unspecified atom stereocenters. The van der Waals surface area contributed by atoms with Crippen LogP contribution in [0.2, 0.25) is 0 Å². The molecule has 8 heteroatoms. The number of rotatable bonds is 7. The number of hydrogen-bond donors (Lipinski definition) is 1. The summed E-state index contributed by atoms with van der Waals surface area (Å²) < 4.78 is 11.2. The SMILES string of the molecule is O=C(c1cc(CC2=CC=C(N3CCNCC3)CC2)nc2ccc(-c3ccc4c(c3)OCO4)cc12)N1CCCC1CN1CCCC1. The number of piperazine rings is 1. The summed E-state index contributed by atoms with van der Waals surface area (Å²) in [4.78, 5) is 26.9. The number of amides is 1. The van der Waals surface area contributed by atoms with Crippen LogP contribution in [0, 0.1) is 0 Å². The molecule has 45 heavy (non-hydrogen) atoms. The number of carbonyl (C=O) groups is 1. The fraction of sp³-hybridized carbons (Fsp3) is 0.459. The molecule has 1 aliphatic carbocycles. The van der Waals surface area contributed by atoms with Gasteiger partial charge in [0.05, 0.1) is 11.1 Å². The van der Waals surface area contributed by atoms with Crippen LogP contribution in [0.3, 0.4) is 0 Å². The van der Waals surface area contributed by atoms with Gasteiger partial charge in [0.25, 0.3) is 5.91 Å². The van der Waals surface area contributed by atoms with E-state index in [0.717, 1.165) is 129 Å². The number of aromatic nitrogens is 1. The molecule has 0 radical (unpaired) electrons. The average Bonchev–Trinajstić information content (AvgIpc) is 3.88. The number of likely N-dealkylation sites (tertiary alicyclic amines) is 2. The summed E-state index contributed by atoms with van der Waals surface area (Å²) in [6.45, 7) is 8.63. The second-order valence-electron chi connectivity index (χ2n) is 13.2. The van der Waals surface area contributed by atoms with Crippen molar-refractivity contribution in [3.63, 3.8) is 0 Å². The molecule has 0 saturated carbocycles. The predicted octanol–water partition coefficient (Wildman–Crippen LogP) is 5.38. The average molecular weight is 606 g/mol. The zero-order valence-corrected chi connectivity index (χ0v) is 26.1. The molecule has 5 aliphatic rings. The standard InChI is InChI=1S/C37H43N5O3/c43-37(42-17-3-4-31(42)24-40-15-1-2-16-40)33-23-29(20-26-5-9-30(10-6-26)41-18-13-38-14-19-41)39-34-11-7-27(21-32(33)34)28-8-12-35-36(22-28)45-25-44-35/h5,7-9,11-12,21-23,31,38H,1-4,6,10,13-20,24-25H2. The Morgan fingerprint density at radius 2 is 1.69 bits per heavy atom. The Morgan fingerprint density at radius 1 is 0.867 bits per heavy atom. The molecule has 8 nitrogen and oxygen atoms in total. The largest absolute Gasteiger partial charge is 0.454 e. The summed E-state index contributed by atoms with van der Waals surface area (Å²) in [6.07, 6.45) is 12.1. The minimum atomic E-state index is 0.145. The number of benzene rings is 2. The predicted molar refractivity (Wildman–Crippen MR) is 177 cm³/mol. The highest BCUT2D eigenvalue weighted by Gasteiger charge is 2.32. The summed E-state index contributed by atoms with van der Waals surface area (Å²) in [7, 11) is 0. The first-order valence-electron chi connectivity index (χ1n) is 16.9. The topological polar surface area (TPSA) is 70.2 Å². The zero-order chi connectivity index (χ0) is 30.2. The Balaban J connectivity index is 1.13. The van der Waals surface area contributed by atoms with E-state index in [9.17, 15) is 4.79 Å². The van der Waals surface area contributed by atoms with E-state index in [4.69, 9.17) is 14.5 Å². The van der Waals surface area contributed by atoms with Crippen LogP contribution in [0.1, 0.15) is 54.6 Å². The lowest BCUT2D eigenvalue weighted by Crippen LogP contribution is -2.43. The van der Waals surface area contributed by atoms with Gasteiger partial charge in [-0.1, -0.05) is 23.8 Å². The molecular weight excluding hydrogens is 562 g/mol. The molecule has 2 aromatic carbocycles. The Morgan fingerprint density at radius 3 is 2.53 bits per heavy atom. The second-order valence-corrected chi connectivity index (χ2v) is 13.2. The fourth-order valence-corrected chi connectivity index (χ4v) is 7.78. The van der Waals surface area contributed by atoms with Gasteiger partial charge in [0.1, 0.15) is 0 Å². The lowest BCUT2D eigenvalue weighted by atomic mass is 9.95. The number of carbonyl (C=O) groups excluding carboxylic acids is 1. The van der Waals surface area contributed by atoms with Gasteiger partial charge in [-0.3, -0.25) is 9.78 Å². The van der Waals surface area contributed by atoms with Gasteiger partial charge in [0.2, 0.25) is 6.79 Å². The molecule has 3 fully saturated rings. The van der Waals surface area contributed by atoms with E-state index in [1.54, 1.807) is 0 Å². The van der Waals surface area contributed by atoms with Crippen molar-refractivity contribution in [1.82, 2.24) is 25.0 Å². The molecule has 1 amide bonds. The Hall–Kier alpha value is -3.88. The van der Waals surface area contributed by atoms with Gasteiger partial charge in [-0.15, -0.1) is 0 Å². The number of hydrogen-bond acceptors (Lipinski definition) is 7. The normalized spacial score (nSPS) is 21.8. The molecule has 1 atom stereocenters. The van der Waals surface area contributed by atoms with Crippen LogP contribution < -0.4 is 14.8 Å². The van der Waals surface area contributed by atoms with Gasteiger partial charge in [-0.25, -0.2) is 0 Å². The summed E-state index contributed by atoms with van der Waals surface area (Å²) >= 11 is 0. The van der Waals surface area contributed by atoms with Crippen molar-refractivity contribution in [2.75, 3.05) is 59.2 Å². The van der Waals surface area contributed by atoms with E-state index in [1.807, 2.05) is 12.1 Å². The molecule has 3 aromatic rings. The van der Waals surface area contributed by atoms with E-state index in [2.05, 4.69) is 62.5 Å².